The molecule has 1 N–H and O–H groups in total. The maximum atomic E-state index is 13.0. The largest absolute Gasteiger partial charge is 0.490 e. The summed E-state index contributed by atoms with van der Waals surface area (Å²) in [5.41, 5.74) is 2.75. The molecule has 0 spiro atoms. The van der Waals surface area contributed by atoms with Gasteiger partial charge in [0.1, 0.15) is 0 Å². The van der Waals surface area contributed by atoms with Crippen molar-refractivity contribution in [3.05, 3.63) is 47.5 Å². The Kier molecular flexibility index (Phi) is 9.65. The maximum absolute atomic E-state index is 13.0. The molecule has 7 nitrogen and oxygen atoms in total. The summed E-state index contributed by atoms with van der Waals surface area (Å²) >= 11 is 0. The first kappa shape index (κ1) is 25.3. The molecule has 1 unspecified atom stereocenters. The lowest BCUT2D eigenvalue weighted by Gasteiger charge is -2.26. The summed E-state index contributed by atoms with van der Waals surface area (Å²) in [7, 11) is 8.05. The number of hydrogen-bond acceptors (Lipinski definition) is 6. The third kappa shape index (κ3) is 6.53. The van der Waals surface area contributed by atoms with E-state index in [4.69, 9.17) is 14.2 Å². The summed E-state index contributed by atoms with van der Waals surface area (Å²) in [6.45, 7) is 7.55. The van der Waals surface area contributed by atoms with Gasteiger partial charge in [-0.15, -0.1) is 0 Å². The summed E-state index contributed by atoms with van der Waals surface area (Å²) in [4.78, 5) is 17.2. The van der Waals surface area contributed by atoms with E-state index in [9.17, 15) is 4.79 Å². The normalized spacial score (nSPS) is 11.8. The van der Waals surface area contributed by atoms with Crippen LogP contribution in [-0.2, 0) is 0 Å². The number of nitrogens with zero attached hydrogens (tertiary/aromatic N) is 2. The topological polar surface area (TPSA) is 63.3 Å². The Morgan fingerprint density at radius 2 is 1.41 bits per heavy atom. The van der Waals surface area contributed by atoms with Gasteiger partial charge in [0.2, 0.25) is 5.75 Å². The molecule has 2 rings (SSSR count). The Balaban J connectivity index is 2.23. The van der Waals surface area contributed by atoms with E-state index in [0.29, 0.717) is 49.2 Å². The van der Waals surface area contributed by atoms with Crippen LogP contribution in [0.5, 0.6) is 17.2 Å². The van der Waals surface area contributed by atoms with Crippen LogP contribution in [0.3, 0.4) is 0 Å². The highest BCUT2D eigenvalue weighted by Gasteiger charge is 2.20. The quantitative estimate of drug-likeness (QED) is 0.535. The molecule has 0 aliphatic rings. The Hall–Kier alpha value is -2.93. The molecule has 1 atom stereocenters. The third-order valence-electron chi connectivity index (χ3n) is 5.04. The van der Waals surface area contributed by atoms with Gasteiger partial charge in [0.25, 0.3) is 5.91 Å². The summed E-state index contributed by atoms with van der Waals surface area (Å²) < 4.78 is 17.2. The molecule has 32 heavy (non-hydrogen) atoms. The minimum Gasteiger partial charge on any atom is -0.490 e. The standard InChI is InChI=1S/C25H37N3O4/c1-8-30-22-15-19(16-23(31-9-2)24(22)32-10-3)25(29)26-17-21(28(6)7)18-11-13-20(14-12-18)27(4)5/h11-16,21H,8-10,17H2,1-7H3,(H,26,29). The molecule has 0 saturated carbocycles. The van der Waals surface area contributed by atoms with Crippen LogP contribution in [0.4, 0.5) is 5.69 Å². The molecular formula is C25H37N3O4. The molecule has 0 bridgehead atoms. The Labute approximate surface area is 192 Å². The van der Waals surface area contributed by atoms with Gasteiger partial charge in [-0.25, -0.2) is 0 Å². The van der Waals surface area contributed by atoms with Crippen molar-refractivity contribution in [1.82, 2.24) is 10.2 Å². The van der Waals surface area contributed by atoms with E-state index in [2.05, 4.69) is 39.4 Å². The lowest BCUT2D eigenvalue weighted by molar-refractivity contribution is 0.0940. The Morgan fingerprint density at radius 1 is 0.875 bits per heavy atom. The highest BCUT2D eigenvalue weighted by molar-refractivity contribution is 5.95. The third-order valence-corrected chi connectivity index (χ3v) is 5.04. The minimum absolute atomic E-state index is 0.0376. The van der Waals surface area contributed by atoms with Crippen LogP contribution < -0.4 is 24.4 Å². The average molecular weight is 444 g/mol. The van der Waals surface area contributed by atoms with E-state index in [1.54, 1.807) is 12.1 Å². The number of anilines is 1. The molecule has 2 aromatic carbocycles. The first-order chi connectivity index (χ1) is 15.3. The SMILES string of the molecule is CCOc1cc(C(=O)NCC(c2ccc(N(C)C)cc2)N(C)C)cc(OCC)c1OCC. The zero-order chi connectivity index (χ0) is 23.7. The molecule has 0 fully saturated rings. The number of carbonyl (C=O) groups excluding carboxylic acids is 1. The smallest absolute Gasteiger partial charge is 0.251 e. The molecule has 0 aliphatic carbocycles. The van der Waals surface area contributed by atoms with Gasteiger partial charge in [0.05, 0.1) is 25.9 Å². The van der Waals surface area contributed by atoms with E-state index in [1.807, 2.05) is 49.0 Å². The van der Waals surface area contributed by atoms with Gasteiger partial charge in [-0.2, -0.15) is 0 Å². The highest BCUT2D eigenvalue weighted by atomic mass is 16.5. The van der Waals surface area contributed by atoms with Gasteiger partial charge in [-0.3, -0.25) is 4.79 Å². The van der Waals surface area contributed by atoms with Crippen LogP contribution in [0.2, 0.25) is 0 Å². The summed E-state index contributed by atoms with van der Waals surface area (Å²) in [6.07, 6.45) is 0. The van der Waals surface area contributed by atoms with Crippen molar-refractivity contribution < 1.29 is 19.0 Å². The Bertz CT molecular complexity index is 839. The lowest BCUT2D eigenvalue weighted by atomic mass is 10.0. The zero-order valence-electron chi connectivity index (χ0n) is 20.4. The van der Waals surface area contributed by atoms with Crippen molar-refractivity contribution in [2.75, 3.05) is 59.5 Å². The maximum Gasteiger partial charge on any atom is 0.251 e. The molecule has 7 heteroatoms. The predicted octanol–water partition coefficient (Wildman–Crippen LogP) is 3.98. The van der Waals surface area contributed by atoms with E-state index in [0.717, 1.165) is 11.3 Å². The summed E-state index contributed by atoms with van der Waals surface area (Å²) in [5, 5.41) is 3.06. The van der Waals surface area contributed by atoms with Crippen LogP contribution in [-0.4, -0.2) is 65.4 Å². The monoisotopic (exact) mass is 443 g/mol. The van der Waals surface area contributed by atoms with Crippen LogP contribution in [0.15, 0.2) is 36.4 Å². The van der Waals surface area contributed by atoms with E-state index in [-0.39, 0.29) is 11.9 Å². The van der Waals surface area contributed by atoms with Crippen molar-refractivity contribution in [3.8, 4) is 17.2 Å². The van der Waals surface area contributed by atoms with Crippen LogP contribution in [0.25, 0.3) is 0 Å². The lowest BCUT2D eigenvalue weighted by Crippen LogP contribution is -2.34. The van der Waals surface area contributed by atoms with Gasteiger partial charge in [-0.1, -0.05) is 12.1 Å². The molecule has 0 aromatic heterocycles. The number of hydrogen-bond donors (Lipinski definition) is 1. The molecule has 0 aliphatic heterocycles. The second-order valence-corrected chi connectivity index (χ2v) is 7.78. The van der Waals surface area contributed by atoms with Crippen LogP contribution in [0.1, 0.15) is 42.7 Å². The van der Waals surface area contributed by atoms with Crippen LogP contribution in [0, 0.1) is 0 Å². The highest BCUT2D eigenvalue weighted by Crippen LogP contribution is 2.39. The average Bonchev–Trinajstić information content (AvgIpc) is 2.76. The number of rotatable bonds is 12. The summed E-state index contributed by atoms with van der Waals surface area (Å²) in [5.74, 6) is 1.36. The number of amides is 1. The molecule has 0 saturated heterocycles. The minimum atomic E-state index is -0.188. The fourth-order valence-corrected chi connectivity index (χ4v) is 3.40. The van der Waals surface area contributed by atoms with E-state index < -0.39 is 0 Å². The van der Waals surface area contributed by atoms with Gasteiger partial charge in [0, 0.05) is 31.9 Å². The molecule has 176 valence electrons. The van der Waals surface area contributed by atoms with Crippen molar-refractivity contribution in [2.45, 2.75) is 26.8 Å². The van der Waals surface area contributed by atoms with Gasteiger partial charge in [0.15, 0.2) is 11.5 Å². The van der Waals surface area contributed by atoms with E-state index in [1.165, 1.54) is 0 Å². The van der Waals surface area contributed by atoms with Crippen molar-refractivity contribution in [2.24, 2.45) is 0 Å². The fraction of sp³-hybridized carbons (Fsp3) is 0.480. The van der Waals surface area contributed by atoms with Gasteiger partial charge >= 0.3 is 0 Å². The molecule has 0 heterocycles. The molecule has 2 aromatic rings. The van der Waals surface area contributed by atoms with Crippen molar-refractivity contribution in [3.63, 3.8) is 0 Å². The van der Waals surface area contributed by atoms with E-state index >= 15 is 0 Å². The molecule has 0 radical (unpaired) electrons. The second-order valence-electron chi connectivity index (χ2n) is 7.78. The fourth-order valence-electron chi connectivity index (χ4n) is 3.40. The van der Waals surface area contributed by atoms with Gasteiger partial charge in [-0.05, 0) is 64.7 Å². The van der Waals surface area contributed by atoms with Crippen molar-refractivity contribution in [1.29, 1.82) is 0 Å². The predicted molar refractivity (Wildman–Crippen MR) is 129 cm³/mol. The number of benzene rings is 2. The summed E-state index contributed by atoms with van der Waals surface area (Å²) in [6, 6.07) is 11.8. The second kappa shape index (κ2) is 12.2. The first-order valence-electron chi connectivity index (χ1n) is 11.1. The molecule has 1 amide bonds. The van der Waals surface area contributed by atoms with Crippen molar-refractivity contribution >= 4 is 11.6 Å². The number of nitrogens with one attached hydrogen (secondary N) is 1. The Morgan fingerprint density at radius 3 is 1.84 bits per heavy atom. The van der Waals surface area contributed by atoms with Gasteiger partial charge < -0.3 is 29.3 Å². The zero-order valence-corrected chi connectivity index (χ0v) is 20.4. The number of likely N-dealkylation sites (N-methyl/N-ethyl adjacent to an activating group) is 1. The van der Waals surface area contributed by atoms with Crippen LogP contribution >= 0.6 is 0 Å². The number of carbonyl (C=O) groups is 1. The number of ether oxygens (including phenoxy) is 3. The first-order valence-corrected chi connectivity index (χ1v) is 11.1. The molecular weight excluding hydrogens is 406 g/mol.